The molecule has 0 aromatic heterocycles. The number of allylic oxidation sites excluding steroid dienone is 2. The minimum atomic E-state index is -0.494. The molecular formula is C18H19NO2. The summed E-state index contributed by atoms with van der Waals surface area (Å²) < 4.78 is 5.84. The monoisotopic (exact) mass is 281 g/mol. The van der Waals surface area contributed by atoms with Crippen LogP contribution in [0.2, 0.25) is 0 Å². The molecule has 0 radical (unpaired) electrons. The van der Waals surface area contributed by atoms with Crippen molar-refractivity contribution in [3.63, 3.8) is 0 Å². The highest BCUT2D eigenvalue weighted by Gasteiger charge is 2.32. The molecule has 1 unspecified atom stereocenters. The Labute approximate surface area is 125 Å². The molecule has 3 nitrogen and oxygen atoms in total. The number of ether oxygens (including phenoxy) is 1. The highest BCUT2D eigenvalue weighted by Crippen LogP contribution is 2.28. The molecule has 0 saturated carbocycles. The van der Waals surface area contributed by atoms with E-state index in [1.165, 1.54) is 5.56 Å². The first-order valence-corrected chi connectivity index (χ1v) is 7.27. The van der Waals surface area contributed by atoms with Crippen LogP contribution >= 0.6 is 0 Å². The molecule has 0 fully saturated rings. The summed E-state index contributed by atoms with van der Waals surface area (Å²) >= 11 is 0. The molecule has 1 aliphatic carbocycles. The number of rotatable bonds is 3. The van der Waals surface area contributed by atoms with Gasteiger partial charge in [-0.05, 0) is 30.9 Å². The van der Waals surface area contributed by atoms with Crippen LogP contribution in [0.15, 0.2) is 61.2 Å². The summed E-state index contributed by atoms with van der Waals surface area (Å²) in [5.74, 6) is 0.736. The normalized spacial score (nSPS) is 26.6. The van der Waals surface area contributed by atoms with Crippen LogP contribution in [-0.4, -0.2) is 17.6 Å². The number of hydrogen-bond acceptors (Lipinski definition) is 2. The van der Waals surface area contributed by atoms with Crippen LogP contribution in [0.3, 0.4) is 0 Å². The van der Waals surface area contributed by atoms with Crippen LogP contribution in [0.1, 0.15) is 18.4 Å². The van der Waals surface area contributed by atoms with Crippen LogP contribution in [-0.2, 0) is 11.2 Å². The fourth-order valence-electron chi connectivity index (χ4n) is 2.75. The number of para-hydroxylation sites is 1. The number of carbonyl (C=O) groups excluding carboxylic acids is 1. The van der Waals surface area contributed by atoms with Crippen molar-refractivity contribution in [3.8, 4) is 5.75 Å². The van der Waals surface area contributed by atoms with Gasteiger partial charge in [0.1, 0.15) is 5.75 Å². The van der Waals surface area contributed by atoms with Crippen LogP contribution in [0, 0.1) is 0 Å². The molecule has 1 amide bonds. The van der Waals surface area contributed by atoms with Crippen molar-refractivity contribution in [2.45, 2.75) is 30.9 Å². The minimum absolute atomic E-state index is 0.0793. The molecule has 2 aliphatic rings. The number of fused-ring (bicyclic) bond motifs is 1. The van der Waals surface area contributed by atoms with Gasteiger partial charge in [-0.15, -0.1) is 6.58 Å². The van der Waals surface area contributed by atoms with Crippen molar-refractivity contribution in [1.82, 2.24) is 5.32 Å². The molecule has 0 bridgehead atoms. The number of amides is 1. The van der Waals surface area contributed by atoms with Gasteiger partial charge in [-0.3, -0.25) is 4.79 Å². The van der Waals surface area contributed by atoms with Gasteiger partial charge in [0.05, 0.1) is 5.54 Å². The summed E-state index contributed by atoms with van der Waals surface area (Å²) in [6.07, 6.45) is 11.5. The highest BCUT2D eigenvalue weighted by molar-refractivity contribution is 5.83. The summed E-state index contributed by atoms with van der Waals surface area (Å²) in [7, 11) is 0. The maximum atomic E-state index is 12.5. The van der Waals surface area contributed by atoms with Crippen molar-refractivity contribution in [3.05, 3.63) is 66.8 Å². The number of hydrogen-bond donors (Lipinski definition) is 1. The smallest absolute Gasteiger partial charge is 0.262 e. The summed E-state index contributed by atoms with van der Waals surface area (Å²) in [5.41, 5.74) is 0.673. The summed E-state index contributed by atoms with van der Waals surface area (Å²) in [4.78, 5) is 12.5. The average molecular weight is 281 g/mol. The third-order valence-corrected chi connectivity index (χ3v) is 4.03. The molecule has 0 saturated heterocycles. The molecule has 1 aliphatic heterocycles. The molecule has 1 aromatic rings. The van der Waals surface area contributed by atoms with E-state index in [1.807, 2.05) is 48.6 Å². The van der Waals surface area contributed by atoms with Crippen molar-refractivity contribution >= 4 is 5.91 Å². The van der Waals surface area contributed by atoms with Gasteiger partial charge in [-0.1, -0.05) is 48.6 Å². The van der Waals surface area contributed by atoms with Crippen molar-refractivity contribution < 1.29 is 9.53 Å². The third-order valence-electron chi connectivity index (χ3n) is 4.03. The van der Waals surface area contributed by atoms with Crippen LogP contribution in [0.25, 0.3) is 0 Å². The lowest BCUT2D eigenvalue weighted by atomic mass is 9.90. The quantitative estimate of drug-likeness (QED) is 0.865. The Morgan fingerprint density at radius 3 is 3.00 bits per heavy atom. The van der Waals surface area contributed by atoms with E-state index < -0.39 is 11.6 Å². The number of carbonyl (C=O) groups is 1. The van der Waals surface area contributed by atoms with E-state index in [1.54, 1.807) is 6.08 Å². The molecule has 21 heavy (non-hydrogen) atoms. The van der Waals surface area contributed by atoms with E-state index in [0.29, 0.717) is 6.42 Å². The van der Waals surface area contributed by atoms with E-state index >= 15 is 0 Å². The first-order chi connectivity index (χ1) is 10.2. The molecule has 3 heteroatoms. The van der Waals surface area contributed by atoms with Crippen molar-refractivity contribution in [1.29, 1.82) is 0 Å². The molecule has 1 aromatic carbocycles. The predicted molar refractivity (Wildman–Crippen MR) is 83.1 cm³/mol. The van der Waals surface area contributed by atoms with Gasteiger partial charge in [-0.2, -0.15) is 0 Å². The summed E-state index contributed by atoms with van der Waals surface area (Å²) in [6, 6.07) is 7.89. The maximum absolute atomic E-state index is 12.5. The molecule has 0 spiro atoms. The second-order valence-corrected chi connectivity index (χ2v) is 5.48. The first kappa shape index (κ1) is 13.7. The lowest BCUT2D eigenvalue weighted by Gasteiger charge is -2.32. The molecule has 3 rings (SSSR count). The lowest BCUT2D eigenvalue weighted by molar-refractivity contribution is -0.129. The molecule has 1 heterocycles. The van der Waals surface area contributed by atoms with E-state index in [2.05, 4.69) is 11.9 Å². The third kappa shape index (κ3) is 2.77. The fourth-order valence-corrected chi connectivity index (χ4v) is 2.75. The Bertz CT molecular complexity index is 617. The number of benzene rings is 1. The van der Waals surface area contributed by atoms with Crippen LogP contribution in [0.5, 0.6) is 5.75 Å². The van der Waals surface area contributed by atoms with Gasteiger partial charge in [0.2, 0.25) is 0 Å². The lowest BCUT2D eigenvalue weighted by Crippen LogP contribution is -2.51. The van der Waals surface area contributed by atoms with Gasteiger partial charge in [0, 0.05) is 0 Å². The minimum Gasteiger partial charge on any atom is -0.480 e. The van der Waals surface area contributed by atoms with Crippen molar-refractivity contribution in [2.75, 3.05) is 0 Å². The SMILES string of the molecule is C=C[C@]1(NC(=O)C2CCc3ccccc3O2)C=CC=CC1. The van der Waals surface area contributed by atoms with Crippen molar-refractivity contribution in [2.24, 2.45) is 0 Å². The Morgan fingerprint density at radius 2 is 2.24 bits per heavy atom. The average Bonchev–Trinajstić information content (AvgIpc) is 2.55. The highest BCUT2D eigenvalue weighted by atomic mass is 16.5. The Kier molecular flexibility index (Phi) is 3.65. The molecule has 1 N–H and O–H groups in total. The molecule has 2 atom stereocenters. The molecule has 108 valence electrons. The zero-order chi connectivity index (χ0) is 14.7. The maximum Gasteiger partial charge on any atom is 0.262 e. The fraction of sp³-hybridized carbons (Fsp3) is 0.278. The van der Waals surface area contributed by atoms with E-state index in [4.69, 9.17) is 4.74 Å². The zero-order valence-corrected chi connectivity index (χ0v) is 11.9. The van der Waals surface area contributed by atoms with E-state index in [9.17, 15) is 4.79 Å². The van der Waals surface area contributed by atoms with Crippen LogP contribution in [0.4, 0.5) is 0 Å². The largest absolute Gasteiger partial charge is 0.480 e. The Balaban J connectivity index is 1.71. The second kappa shape index (κ2) is 5.60. The van der Waals surface area contributed by atoms with Gasteiger partial charge in [0.15, 0.2) is 6.10 Å². The standard InChI is InChI=1S/C18H19NO2/c1-2-18(12-6-3-7-13-18)19-17(20)16-11-10-14-8-4-5-9-15(14)21-16/h2-9,12,16H,1,10-11,13H2,(H,19,20)/t16?,18-/m0/s1. The summed E-state index contributed by atoms with van der Waals surface area (Å²) in [6.45, 7) is 3.85. The predicted octanol–water partition coefficient (Wildman–Crippen LogP) is 2.94. The van der Waals surface area contributed by atoms with Crippen LogP contribution < -0.4 is 10.1 Å². The first-order valence-electron chi connectivity index (χ1n) is 7.27. The Hall–Kier alpha value is -2.29. The zero-order valence-electron chi connectivity index (χ0n) is 11.9. The topological polar surface area (TPSA) is 38.3 Å². The Morgan fingerprint density at radius 1 is 1.38 bits per heavy atom. The van der Waals surface area contributed by atoms with Gasteiger partial charge >= 0.3 is 0 Å². The van der Waals surface area contributed by atoms with E-state index in [0.717, 1.165) is 18.6 Å². The number of nitrogens with one attached hydrogen (secondary N) is 1. The van der Waals surface area contributed by atoms with E-state index in [-0.39, 0.29) is 5.91 Å². The number of aryl methyl sites for hydroxylation is 1. The second-order valence-electron chi connectivity index (χ2n) is 5.48. The van der Waals surface area contributed by atoms with Gasteiger partial charge in [0.25, 0.3) is 5.91 Å². The van der Waals surface area contributed by atoms with Gasteiger partial charge < -0.3 is 10.1 Å². The molecular weight excluding hydrogens is 262 g/mol. The van der Waals surface area contributed by atoms with Gasteiger partial charge in [-0.25, -0.2) is 0 Å². The summed E-state index contributed by atoms with van der Waals surface area (Å²) in [5, 5.41) is 3.06.